The van der Waals surface area contributed by atoms with Gasteiger partial charge < -0.3 is 15.4 Å². The Morgan fingerprint density at radius 1 is 0.914 bits per heavy atom. The molecule has 0 unspecified atom stereocenters. The summed E-state index contributed by atoms with van der Waals surface area (Å²) in [4.78, 5) is 33.8. The smallest absolute Gasteiger partial charge is 0.246 e. The Kier molecular flexibility index (Phi) is 7.74. The van der Waals surface area contributed by atoms with Crippen LogP contribution in [0.3, 0.4) is 0 Å². The molecule has 0 aliphatic carbocycles. The zero-order valence-corrected chi connectivity index (χ0v) is 20.1. The van der Waals surface area contributed by atoms with Gasteiger partial charge in [-0.05, 0) is 55.5 Å². The number of methoxy groups -OCH3 is 1. The van der Waals surface area contributed by atoms with Crippen LogP contribution in [0, 0.1) is 6.92 Å². The van der Waals surface area contributed by atoms with Crippen LogP contribution in [0.25, 0.3) is 11.4 Å². The first kappa shape index (κ1) is 24.0. The summed E-state index contributed by atoms with van der Waals surface area (Å²) in [5.41, 5.74) is 3.23. The number of aryl methyl sites for hydroxylation is 1. The van der Waals surface area contributed by atoms with Gasteiger partial charge in [0, 0.05) is 29.3 Å². The molecule has 9 nitrogen and oxygen atoms in total. The predicted octanol–water partition coefficient (Wildman–Crippen LogP) is 4.03. The van der Waals surface area contributed by atoms with Gasteiger partial charge in [-0.25, -0.2) is 9.67 Å². The van der Waals surface area contributed by atoms with Crippen molar-refractivity contribution in [1.82, 2.24) is 19.7 Å². The van der Waals surface area contributed by atoms with Crippen LogP contribution in [0.15, 0.2) is 78.2 Å². The van der Waals surface area contributed by atoms with Crippen LogP contribution in [-0.2, 0) is 16.1 Å². The van der Waals surface area contributed by atoms with Crippen molar-refractivity contribution in [3.63, 3.8) is 0 Å². The minimum Gasteiger partial charge on any atom is -0.497 e. The van der Waals surface area contributed by atoms with Gasteiger partial charge in [0.1, 0.15) is 12.3 Å². The molecule has 2 amide bonds. The highest BCUT2D eigenvalue weighted by Crippen LogP contribution is 2.22. The molecular weight excluding hydrogens is 464 g/mol. The van der Waals surface area contributed by atoms with Crippen LogP contribution < -0.4 is 15.4 Å². The molecule has 4 rings (SSSR count). The third-order valence-electron chi connectivity index (χ3n) is 4.91. The van der Waals surface area contributed by atoms with Gasteiger partial charge in [0.05, 0.1) is 12.9 Å². The molecule has 0 atom stereocenters. The Hall–Kier alpha value is -4.18. The van der Waals surface area contributed by atoms with Crippen molar-refractivity contribution in [3.8, 4) is 17.1 Å². The Morgan fingerprint density at radius 3 is 2.20 bits per heavy atom. The van der Waals surface area contributed by atoms with Crippen LogP contribution >= 0.6 is 11.8 Å². The molecule has 0 radical (unpaired) electrons. The van der Waals surface area contributed by atoms with Crippen LogP contribution in [0.1, 0.15) is 5.56 Å². The third-order valence-corrected chi connectivity index (χ3v) is 5.88. The highest BCUT2D eigenvalue weighted by Gasteiger charge is 2.17. The first-order valence-electron chi connectivity index (χ1n) is 10.8. The number of amides is 2. The average molecular weight is 489 g/mol. The van der Waals surface area contributed by atoms with Crippen LogP contribution in [0.2, 0.25) is 0 Å². The van der Waals surface area contributed by atoms with Crippen molar-refractivity contribution in [2.24, 2.45) is 0 Å². The van der Waals surface area contributed by atoms with Gasteiger partial charge in [-0.1, -0.05) is 29.5 Å². The van der Waals surface area contributed by atoms with Crippen LogP contribution in [-0.4, -0.2) is 44.4 Å². The number of thioether (sulfide) groups is 1. The van der Waals surface area contributed by atoms with Gasteiger partial charge >= 0.3 is 0 Å². The van der Waals surface area contributed by atoms with Gasteiger partial charge in [-0.3, -0.25) is 14.6 Å². The zero-order valence-electron chi connectivity index (χ0n) is 19.3. The molecule has 0 aliphatic heterocycles. The number of pyridine rings is 1. The van der Waals surface area contributed by atoms with E-state index in [1.807, 2.05) is 31.2 Å². The lowest BCUT2D eigenvalue weighted by Crippen LogP contribution is -2.20. The molecule has 10 heteroatoms. The Bertz CT molecular complexity index is 1290. The number of nitrogens with zero attached hydrogens (tertiary/aromatic N) is 4. The summed E-state index contributed by atoms with van der Waals surface area (Å²) >= 11 is 1.20. The number of benzene rings is 2. The fourth-order valence-corrected chi connectivity index (χ4v) is 3.87. The van der Waals surface area contributed by atoms with Crippen molar-refractivity contribution in [1.29, 1.82) is 0 Å². The first-order valence-corrected chi connectivity index (χ1v) is 11.8. The minimum atomic E-state index is -0.246. The molecular formula is C25H24N6O3S. The molecule has 0 spiro atoms. The van der Waals surface area contributed by atoms with E-state index in [0.717, 1.165) is 11.1 Å². The quantitative estimate of drug-likeness (QED) is 0.342. The number of carbonyl (C=O) groups is 2. The maximum absolute atomic E-state index is 12.7. The molecule has 4 aromatic rings. The second kappa shape index (κ2) is 11.3. The van der Waals surface area contributed by atoms with Crippen molar-refractivity contribution in [2.45, 2.75) is 18.6 Å². The summed E-state index contributed by atoms with van der Waals surface area (Å²) in [7, 11) is 1.58. The number of ether oxygens (including phenoxy) is 1. The van der Waals surface area contributed by atoms with E-state index in [1.54, 1.807) is 55.9 Å². The van der Waals surface area contributed by atoms with Crippen molar-refractivity contribution in [3.05, 3.63) is 78.6 Å². The Morgan fingerprint density at radius 2 is 1.54 bits per heavy atom. The second-order valence-electron chi connectivity index (χ2n) is 7.59. The summed E-state index contributed by atoms with van der Waals surface area (Å²) in [6, 6.07) is 18.2. The maximum atomic E-state index is 12.7. The molecule has 0 fully saturated rings. The van der Waals surface area contributed by atoms with Crippen LogP contribution in [0.5, 0.6) is 5.75 Å². The van der Waals surface area contributed by atoms with Gasteiger partial charge in [0.15, 0.2) is 11.0 Å². The SMILES string of the molecule is COc1ccc(NC(=O)CSc2nc(-c3ccncc3)nn2CC(=O)Nc2ccc(C)cc2)cc1. The highest BCUT2D eigenvalue weighted by molar-refractivity contribution is 7.99. The maximum Gasteiger partial charge on any atom is 0.246 e. The van der Waals surface area contributed by atoms with E-state index in [2.05, 4.69) is 25.7 Å². The summed E-state index contributed by atoms with van der Waals surface area (Å²) in [5.74, 6) is 0.806. The highest BCUT2D eigenvalue weighted by atomic mass is 32.2. The number of hydrogen-bond acceptors (Lipinski definition) is 7. The molecule has 2 N–H and O–H groups in total. The molecule has 2 heterocycles. The number of rotatable bonds is 9. The molecule has 2 aromatic heterocycles. The summed E-state index contributed by atoms with van der Waals surface area (Å²) in [6.45, 7) is 1.93. The number of anilines is 2. The van der Waals surface area contributed by atoms with Gasteiger partial charge in [-0.2, -0.15) is 0 Å². The lowest BCUT2D eigenvalue weighted by atomic mass is 10.2. The zero-order chi connectivity index (χ0) is 24.6. The normalized spacial score (nSPS) is 10.6. The van der Waals surface area contributed by atoms with Gasteiger partial charge in [0.25, 0.3) is 0 Å². The van der Waals surface area contributed by atoms with Gasteiger partial charge in [0.2, 0.25) is 11.8 Å². The molecule has 0 saturated carbocycles. The van der Waals surface area contributed by atoms with Gasteiger partial charge in [-0.15, -0.1) is 5.10 Å². The molecule has 0 saturated heterocycles. The van der Waals surface area contributed by atoms with Crippen molar-refractivity contribution in [2.75, 3.05) is 23.5 Å². The fourth-order valence-electron chi connectivity index (χ4n) is 3.14. The predicted molar refractivity (Wildman–Crippen MR) is 135 cm³/mol. The monoisotopic (exact) mass is 488 g/mol. The fraction of sp³-hybridized carbons (Fsp3) is 0.160. The number of carbonyl (C=O) groups excluding carboxylic acids is 2. The van der Waals surface area contributed by atoms with E-state index in [0.29, 0.717) is 28.1 Å². The second-order valence-corrected chi connectivity index (χ2v) is 8.53. The topological polar surface area (TPSA) is 111 Å². The number of aromatic nitrogens is 4. The lowest BCUT2D eigenvalue weighted by molar-refractivity contribution is -0.117. The van der Waals surface area contributed by atoms with Crippen molar-refractivity contribution >= 4 is 35.0 Å². The largest absolute Gasteiger partial charge is 0.497 e. The molecule has 0 bridgehead atoms. The van der Waals surface area contributed by atoms with E-state index in [9.17, 15) is 9.59 Å². The molecule has 2 aromatic carbocycles. The standard InChI is InChI=1S/C25H24N6O3S/c1-17-3-5-19(6-4-17)27-22(32)15-31-25(29-24(30-31)18-11-13-26-14-12-18)35-16-23(33)28-20-7-9-21(34-2)10-8-20/h3-14H,15-16H2,1-2H3,(H,27,32)(H,28,33). The summed E-state index contributed by atoms with van der Waals surface area (Å²) < 4.78 is 6.64. The van der Waals surface area contributed by atoms with E-state index < -0.39 is 0 Å². The summed E-state index contributed by atoms with van der Waals surface area (Å²) in [6.07, 6.45) is 3.30. The van der Waals surface area contributed by atoms with Crippen LogP contribution in [0.4, 0.5) is 11.4 Å². The van der Waals surface area contributed by atoms with E-state index >= 15 is 0 Å². The molecule has 178 valence electrons. The Balaban J connectivity index is 1.46. The lowest BCUT2D eigenvalue weighted by Gasteiger charge is -2.08. The van der Waals surface area contributed by atoms with E-state index in [-0.39, 0.29) is 24.1 Å². The molecule has 0 aliphatic rings. The number of hydrogen-bond donors (Lipinski definition) is 2. The molecule has 35 heavy (non-hydrogen) atoms. The first-order chi connectivity index (χ1) is 17.0. The number of nitrogens with one attached hydrogen (secondary N) is 2. The van der Waals surface area contributed by atoms with E-state index in [4.69, 9.17) is 4.74 Å². The van der Waals surface area contributed by atoms with E-state index in [1.165, 1.54) is 16.4 Å². The third kappa shape index (κ3) is 6.67. The van der Waals surface area contributed by atoms with Crippen molar-refractivity contribution < 1.29 is 14.3 Å². The minimum absolute atomic E-state index is 0.0472. The summed E-state index contributed by atoms with van der Waals surface area (Å²) in [5, 5.41) is 10.7. The average Bonchev–Trinajstić information content (AvgIpc) is 3.27. The Labute approximate surface area is 206 Å².